The van der Waals surface area contributed by atoms with E-state index in [1.54, 1.807) is 36.8 Å². The van der Waals surface area contributed by atoms with Crippen molar-refractivity contribution in [2.45, 2.75) is 19.5 Å². The maximum Gasteiger partial charge on any atom is 0.269 e. The second-order valence-electron chi connectivity index (χ2n) is 8.87. The van der Waals surface area contributed by atoms with Crippen LogP contribution in [-0.2, 0) is 11.2 Å². The summed E-state index contributed by atoms with van der Waals surface area (Å²) < 4.78 is 16.3. The number of para-hydroxylation sites is 1. The van der Waals surface area contributed by atoms with Crippen LogP contribution in [0.5, 0.6) is 0 Å². The van der Waals surface area contributed by atoms with Gasteiger partial charge in [0, 0.05) is 41.0 Å². The van der Waals surface area contributed by atoms with Gasteiger partial charge < -0.3 is 10.6 Å². The van der Waals surface area contributed by atoms with E-state index in [4.69, 9.17) is 0 Å². The standard InChI is InChI=1S/C29H22FN7O2/c1-2-19-13-12-18(16-32-19)24-22(27-31-14-7-15-37(27)36-24)28(38)35-26-29(39)34-25-20(10-6-11-21(25)30)23(33-26)17-8-4-3-5-9-17/h3-16,26H,2H2,1H3,(H,34,39)(H,35,38)/t26-/m1/s1. The molecule has 192 valence electrons. The number of aryl methyl sites for hydroxylation is 1. The number of aliphatic imine (C=N–C) groups is 1. The van der Waals surface area contributed by atoms with E-state index in [9.17, 15) is 14.0 Å². The van der Waals surface area contributed by atoms with Crippen molar-refractivity contribution < 1.29 is 14.0 Å². The molecule has 0 saturated carbocycles. The fraction of sp³-hybridized carbons (Fsp3) is 0.103. The third-order valence-corrected chi connectivity index (χ3v) is 6.42. The number of nitrogens with zero attached hydrogens (tertiary/aromatic N) is 5. The van der Waals surface area contributed by atoms with Crippen LogP contribution in [0.4, 0.5) is 10.1 Å². The molecule has 0 spiro atoms. The molecule has 1 aliphatic rings. The third-order valence-electron chi connectivity index (χ3n) is 6.42. The Morgan fingerprint density at radius 2 is 1.87 bits per heavy atom. The summed E-state index contributed by atoms with van der Waals surface area (Å²) in [4.78, 5) is 40.5. The first-order valence-electron chi connectivity index (χ1n) is 12.4. The molecule has 1 atom stereocenters. The molecule has 0 aliphatic carbocycles. The van der Waals surface area contributed by atoms with Crippen molar-refractivity contribution in [3.63, 3.8) is 0 Å². The Labute approximate surface area is 222 Å². The Bertz CT molecular complexity index is 1750. The van der Waals surface area contributed by atoms with Crippen molar-refractivity contribution in [3.8, 4) is 11.3 Å². The molecule has 6 rings (SSSR count). The van der Waals surface area contributed by atoms with Gasteiger partial charge in [0.2, 0.25) is 6.17 Å². The lowest BCUT2D eigenvalue weighted by Gasteiger charge is -2.13. The van der Waals surface area contributed by atoms with Gasteiger partial charge in [-0.15, -0.1) is 0 Å². The number of amides is 2. The zero-order valence-electron chi connectivity index (χ0n) is 20.8. The summed E-state index contributed by atoms with van der Waals surface area (Å²) in [6.07, 6.45) is 4.30. The summed E-state index contributed by atoms with van der Waals surface area (Å²) in [7, 11) is 0. The maximum atomic E-state index is 14.8. The highest BCUT2D eigenvalue weighted by Crippen LogP contribution is 2.28. The number of pyridine rings is 1. The van der Waals surface area contributed by atoms with Crippen LogP contribution >= 0.6 is 0 Å². The number of fused-ring (bicyclic) bond motifs is 2. The van der Waals surface area contributed by atoms with E-state index in [0.717, 1.165) is 12.1 Å². The molecule has 1 aliphatic heterocycles. The monoisotopic (exact) mass is 519 g/mol. The number of rotatable bonds is 5. The van der Waals surface area contributed by atoms with E-state index in [0.29, 0.717) is 33.7 Å². The van der Waals surface area contributed by atoms with Crippen molar-refractivity contribution in [2.75, 3.05) is 5.32 Å². The predicted molar refractivity (Wildman–Crippen MR) is 144 cm³/mol. The highest BCUT2D eigenvalue weighted by Gasteiger charge is 2.31. The lowest BCUT2D eigenvalue weighted by molar-refractivity contribution is -0.117. The van der Waals surface area contributed by atoms with Gasteiger partial charge in [0.25, 0.3) is 11.8 Å². The Kier molecular flexibility index (Phi) is 6.12. The molecule has 0 bridgehead atoms. The van der Waals surface area contributed by atoms with Crippen LogP contribution in [0.1, 0.15) is 34.1 Å². The average Bonchev–Trinajstić information content (AvgIpc) is 3.30. The third kappa shape index (κ3) is 4.42. The number of nitrogens with one attached hydrogen (secondary N) is 2. The smallest absolute Gasteiger partial charge is 0.269 e. The molecule has 0 radical (unpaired) electrons. The Balaban J connectivity index is 1.44. The lowest BCUT2D eigenvalue weighted by Crippen LogP contribution is -2.42. The first-order chi connectivity index (χ1) is 19.0. The number of carbonyl (C=O) groups is 2. The summed E-state index contributed by atoms with van der Waals surface area (Å²) in [5.74, 6) is -1.89. The number of benzene rings is 2. The fourth-order valence-corrected chi connectivity index (χ4v) is 4.49. The molecular weight excluding hydrogens is 497 g/mol. The zero-order valence-corrected chi connectivity index (χ0v) is 20.8. The van der Waals surface area contributed by atoms with Crippen molar-refractivity contribution >= 4 is 28.9 Å². The summed E-state index contributed by atoms with van der Waals surface area (Å²) in [5.41, 5.74) is 3.80. The van der Waals surface area contributed by atoms with Crippen LogP contribution in [0.2, 0.25) is 0 Å². The van der Waals surface area contributed by atoms with Gasteiger partial charge >= 0.3 is 0 Å². The van der Waals surface area contributed by atoms with E-state index < -0.39 is 23.8 Å². The molecule has 39 heavy (non-hydrogen) atoms. The van der Waals surface area contributed by atoms with Gasteiger partial charge in [-0.2, -0.15) is 5.10 Å². The molecule has 0 unspecified atom stereocenters. The molecule has 10 heteroatoms. The second kappa shape index (κ2) is 9.90. The number of hydrogen-bond acceptors (Lipinski definition) is 6. The maximum absolute atomic E-state index is 14.8. The molecule has 2 amide bonds. The van der Waals surface area contributed by atoms with E-state index in [1.165, 1.54) is 10.6 Å². The van der Waals surface area contributed by atoms with Gasteiger partial charge in [0.1, 0.15) is 17.1 Å². The van der Waals surface area contributed by atoms with Gasteiger partial charge in [-0.3, -0.25) is 14.6 Å². The molecule has 2 N–H and O–H groups in total. The van der Waals surface area contributed by atoms with Gasteiger partial charge in [0.05, 0.1) is 11.4 Å². The van der Waals surface area contributed by atoms with Gasteiger partial charge in [-0.25, -0.2) is 18.9 Å². The number of aromatic nitrogens is 4. The minimum absolute atomic E-state index is 0.00211. The van der Waals surface area contributed by atoms with Crippen LogP contribution in [0.15, 0.2) is 90.3 Å². The van der Waals surface area contributed by atoms with Gasteiger partial charge in [0.15, 0.2) is 5.65 Å². The van der Waals surface area contributed by atoms with Gasteiger partial charge in [-0.05, 0) is 30.7 Å². The number of carbonyl (C=O) groups excluding carboxylic acids is 2. The minimum Gasteiger partial charge on any atom is -0.322 e. The topological polar surface area (TPSA) is 114 Å². The average molecular weight is 520 g/mol. The summed E-state index contributed by atoms with van der Waals surface area (Å²) >= 11 is 0. The van der Waals surface area contributed by atoms with Crippen LogP contribution in [0.25, 0.3) is 16.9 Å². The van der Waals surface area contributed by atoms with Crippen LogP contribution < -0.4 is 10.6 Å². The molecule has 0 fully saturated rings. The number of anilines is 1. The normalized spacial score (nSPS) is 14.8. The first kappa shape index (κ1) is 24.1. The molecule has 4 heterocycles. The molecule has 3 aromatic heterocycles. The largest absolute Gasteiger partial charge is 0.322 e. The molecule has 5 aromatic rings. The Hall–Kier alpha value is -5.25. The SMILES string of the molecule is CCc1ccc(-c2nn3cccnc3c2C(=O)N[C@H]2N=C(c3ccccc3)c3cccc(F)c3NC2=O)cn1. The Morgan fingerprint density at radius 3 is 2.64 bits per heavy atom. The van der Waals surface area contributed by atoms with E-state index in [1.807, 2.05) is 49.4 Å². The molecule has 9 nitrogen and oxygen atoms in total. The van der Waals surface area contributed by atoms with Gasteiger partial charge in [-0.1, -0.05) is 49.4 Å². The highest BCUT2D eigenvalue weighted by atomic mass is 19.1. The highest BCUT2D eigenvalue weighted by molar-refractivity contribution is 6.20. The van der Waals surface area contributed by atoms with E-state index in [-0.39, 0.29) is 11.3 Å². The number of hydrogen-bond donors (Lipinski definition) is 2. The summed E-state index contributed by atoms with van der Waals surface area (Å²) in [5, 5.41) is 9.88. The summed E-state index contributed by atoms with van der Waals surface area (Å²) in [6, 6.07) is 19.0. The molecular formula is C29H22FN7O2. The van der Waals surface area contributed by atoms with Crippen molar-refractivity contribution in [1.82, 2.24) is 24.9 Å². The van der Waals surface area contributed by atoms with Crippen molar-refractivity contribution in [3.05, 3.63) is 114 Å². The predicted octanol–water partition coefficient (Wildman–Crippen LogP) is 4.04. The Morgan fingerprint density at radius 1 is 1.03 bits per heavy atom. The number of benzodiazepines with no additional fused rings is 1. The van der Waals surface area contributed by atoms with Crippen LogP contribution in [0, 0.1) is 5.82 Å². The molecule has 0 saturated heterocycles. The number of halogens is 1. The van der Waals surface area contributed by atoms with E-state index >= 15 is 0 Å². The summed E-state index contributed by atoms with van der Waals surface area (Å²) in [6.45, 7) is 2.00. The van der Waals surface area contributed by atoms with E-state index in [2.05, 4.69) is 30.7 Å². The zero-order chi connectivity index (χ0) is 26.9. The lowest BCUT2D eigenvalue weighted by atomic mass is 10.0. The van der Waals surface area contributed by atoms with Crippen LogP contribution in [-0.4, -0.2) is 43.3 Å². The quantitative estimate of drug-likeness (QED) is 0.364. The second-order valence-corrected chi connectivity index (χ2v) is 8.87. The minimum atomic E-state index is -1.35. The molecule has 2 aromatic carbocycles. The first-order valence-corrected chi connectivity index (χ1v) is 12.4. The van der Waals surface area contributed by atoms with Crippen molar-refractivity contribution in [2.24, 2.45) is 4.99 Å². The fourth-order valence-electron chi connectivity index (χ4n) is 4.49. The van der Waals surface area contributed by atoms with Crippen molar-refractivity contribution in [1.29, 1.82) is 0 Å². The van der Waals surface area contributed by atoms with Crippen LogP contribution in [0.3, 0.4) is 0 Å².